The van der Waals surface area contributed by atoms with Gasteiger partial charge in [0.1, 0.15) is 5.75 Å². The van der Waals surface area contributed by atoms with Crippen LogP contribution in [0.2, 0.25) is 0 Å². The molecule has 0 spiro atoms. The quantitative estimate of drug-likeness (QED) is 0.503. The van der Waals surface area contributed by atoms with Crippen LogP contribution >= 0.6 is 0 Å². The summed E-state index contributed by atoms with van der Waals surface area (Å²) in [5.74, 6) is 0.440. The van der Waals surface area contributed by atoms with Gasteiger partial charge in [0.25, 0.3) is 5.69 Å². The first-order chi connectivity index (χ1) is 11.1. The fourth-order valence-electron chi connectivity index (χ4n) is 1.87. The minimum absolute atomic E-state index is 0.0292. The molecule has 0 unspecified atom stereocenters. The van der Waals surface area contributed by atoms with Crippen LogP contribution in [0.15, 0.2) is 53.6 Å². The number of nitro benzene ring substituents is 1. The molecule has 7 heteroatoms. The molecule has 0 saturated carbocycles. The Kier molecular flexibility index (Phi) is 5.40. The molecule has 0 aliphatic heterocycles. The number of hydrogen-bond acceptors (Lipinski definition) is 5. The molecule has 0 bridgehead atoms. The van der Waals surface area contributed by atoms with Gasteiger partial charge in [-0.25, -0.2) is 5.43 Å². The lowest BCUT2D eigenvalue weighted by atomic mass is 10.1. The van der Waals surface area contributed by atoms with Crippen molar-refractivity contribution in [3.05, 3.63) is 69.8 Å². The maximum atomic E-state index is 11.8. The van der Waals surface area contributed by atoms with E-state index in [1.165, 1.54) is 18.3 Å². The monoisotopic (exact) mass is 313 g/mol. The van der Waals surface area contributed by atoms with E-state index in [2.05, 4.69) is 10.5 Å². The van der Waals surface area contributed by atoms with Gasteiger partial charge < -0.3 is 4.74 Å². The average Bonchev–Trinajstić information content (AvgIpc) is 2.56. The van der Waals surface area contributed by atoms with E-state index in [0.717, 1.165) is 11.3 Å². The molecular weight excluding hydrogens is 298 g/mol. The lowest BCUT2D eigenvalue weighted by molar-refractivity contribution is -0.384. The number of nitrogens with zero attached hydrogens (tertiary/aromatic N) is 2. The second-order valence-corrected chi connectivity index (χ2v) is 4.67. The van der Waals surface area contributed by atoms with E-state index >= 15 is 0 Å². The number of ether oxygens (including phenoxy) is 1. The minimum Gasteiger partial charge on any atom is -0.497 e. The summed E-state index contributed by atoms with van der Waals surface area (Å²) >= 11 is 0. The van der Waals surface area contributed by atoms with Crippen LogP contribution < -0.4 is 10.2 Å². The van der Waals surface area contributed by atoms with Crippen molar-refractivity contribution in [2.45, 2.75) is 6.42 Å². The number of hydrazone groups is 1. The molecule has 118 valence electrons. The number of rotatable bonds is 6. The number of benzene rings is 2. The lowest BCUT2D eigenvalue weighted by Crippen LogP contribution is -2.19. The molecule has 7 nitrogen and oxygen atoms in total. The van der Waals surface area contributed by atoms with Crippen molar-refractivity contribution in [3.63, 3.8) is 0 Å². The van der Waals surface area contributed by atoms with Crippen molar-refractivity contribution in [1.29, 1.82) is 0 Å². The molecule has 0 heterocycles. The molecule has 1 N–H and O–H groups in total. The zero-order chi connectivity index (χ0) is 16.7. The van der Waals surface area contributed by atoms with Crippen molar-refractivity contribution < 1.29 is 14.5 Å². The zero-order valence-electron chi connectivity index (χ0n) is 12.4. The first kappa shape index (κ1) is 16.2. The number of nitrogens with one attached hydrogen (secondary N) is 1. The molecule has 2 aromatic carbocycles. The Morgan fingerprint density at radius 2 is 2.04 bits per heavy atom. The van der Waals surface area contributed by atoms with Crippen molar-refractivity contribution >= 4 is 17.8 Å². The van der Waals surface area contributed by atoms with E-state index in [4.69, 9.17) is 4.74 Å². The summed E-state index contributed by atoms with van der Waals surface area (Å²) in [6.07, 6.45) is 1.54. The molecule has 0 radical (unpaired) electrons. The minimum atomic E-state index is -0.487. The maximum absolute atomic E-state index is 11.8. The smallest absolute Gasteiger partial charge is 0.270 e. The maximum Gasteiger partial charge on any atom is 0.270 e. The summed E-state index contributed by atoms with van der Waals surface area (Å²) in [6.45, 7) is 0. The van der Waals surface area contributed by atoms with Gasteiger partial charge in [-0.05, 0) is 17.7 Å². The number of carbonyl (C=O) groups excluding carboxylic acids is 1. The largest absolute Gasteiger partial charge is 0.497 e. The van der Waals surface area contributed by atoms with E-state index in [-0.39, 0.29) is 18.0 Å². The highest BCUT2D eigenvalue weighted by Crippen LogP contribution is 2.12. The van der Waals surface area contributed by atoms with Gasteiger partial charge in [-0.2, -0.15) is 5.10 Å². The third kappa shape index (κ3) is 4.92. The Labute approximate surface area is 132 Å². The van der Waals surface area contributed by atoms with Gasteiger partial charge in [0.15, 0.2) is 0 Å². The second-order valence-electron chi connectivity index (χ2n) is 4.67. The Bertz CT molecular complexity index is 726. The van der Waals surface area contributed by atoms with E-state index in [1.807, 2.05) is 0 Å². The fourth-order valence-corrected chi connectivity index (χ4v) is 1.87. The number of nitro groups is 1. The highest BCUT2D eigenvalue weighted by molar-refractivity contribution is 5.83. The third-order valence-corrected chi connectivity index (χ3v) is 3.01. The number of methoxy groups -OCH3 is 1. The standard InChI is InChI=1S/C16H15N3O4/c1-23-15-7-5-12(6-8-15)10-16(20)18-17-11-13-3-2-4-14(9-13)19(21)22/h2-9,11H,10H2,1H3,(H,18,20)/b17-11-. The van der Waals surface area contributed by atoms with Gasteiger partial charge in [0.2, 0.25) is 5.91 Å². The Hall–Kier alpha value is -3.22. The molecule has 2 rings (SSSR count). The molecule has 2 aromatic rings. The number of hydrogen-bond donors (Lipinski definition) is 1. The molecule has 0 saturated heterocycles. The van der Waals surface area contributed by atoms with E-state index in [0.29, 0.717) is 5.56 Å². The van der Waals surface area contributed by atoms with Crippen LogP contribution in [-0.2, 0) is 11.2 Å². The third-order valence-electron chi connectivity index (χ3n) is 3.01. The summed E-state index contributed by atoms with van der Waals surface area (Å²) in [5, 5.41) is 14.5. The average molecular weight is 313 g/mol. The number of carbonyl (C=O) groups is 1. The van der Waals surface area contributed by atoms with Gasteiger partial charge in [0.05, 0.1) is 24.7 Å². The number of non-ortho nitro benzene ring substituents is 1. The van der Waals surface area contributed by atoms with E-state index < -0.39 is 4.92 Å². The summed E-state index contributed by atoms with van der Waals surface area (Å²) in [7, 11) is 1.57. The predicted molar refractivity (Wildman–Crippen MR) is 85.5 cm³/mol. The SMILES string of the molecule is COc1ccc(CC(=O)N/N=C\c2cccc([N+](=O)[O-])c2)cc1. The van der Waals surface area contributed by atoms with Crippen molar-refractivity contribution in [2.24, 2.45) is 5.10 Å². The lowest BCUT2D eigenvalue weighted by Gasteiger charge is -2.02. The van der Waals surface area contributed by atoms with Crippen LogP contribution in [0.25, 0.3) is 0 Å². The normalized spacial score (nSPS) is 10.5. The van der Waals surface area contributed by atoms with Crippen LogP contribution in [0, 0.1) is 10.1 Å². The number of amides is 1. The predicted octanol–water partition coefficient (Wildman–Crippen LogP) is 2.30. The van der Waals surface area contributed by atoms with Crippen molar-refractivity contribution in [2.75, 3.05) is 7.11 Å². The van der Waals surface area contributed by atoms with Crippen LogP contribution in [-0.4, -0.2) is 24.2 Å². The first-order valence-corrected chi connectivity index (χ1v) is 6.78. The van der Waals surface area contributed by atoms with Gasteiger partial charge in [-0.1, -0.05) is 24.3 Å². The molecular formula is C16H15N3O4. The summed E-state index contributed by atoms with van der Waals surface area (Å²) < 4.78 is 5.04. The van der Waals surface area contributed by atoms with Crippen LogP contribution in [0.1, 0.15) is 11.1 Å². The molecule has 0 aliphatic carbocycles. The van der Waals surface area contributed by atoms with E-state index in [9.17, 15) is 14.9 Å². The van der Waals surface area contributed by atoms with Gasteiger partial charge in [-0.3, -0.25) is 14.9 Å². The molecule has 0 fully saturated rings. The molecule has 1 amide bonds. The summed E-state index contributed by atoms with van der Waals surface area (Å²) in [6, 6.07) is 13.1. The van der Waals surface area contributed by atoms with Crippen LogP contribution in [0.5, 0.6) is 5.75 Å². The van der Waals surface area contributed by atoms with Gasteiger partial charge >= 0.3 is 0 Å². The van der Waals surface area contributed by atoms with Crippen molar-refractivity contribution in [1.82, 2.24) is 5.43 Å². The Morgan fingerprint density at radius 1 is 1.30 bits per heavy atom. The Balaban J connectivity index is 1.90. The second kappa shape index (κ2) is 7.69. The molecule has 23 heavy (non-hydrogen) atoms. The Morgan fingerprint density at radius 3 is 2.70 bits per heavy atom. The molecule has 0 aromatic heterocycles. The molecule has 0 atom stereocenters. The highest BCUT2D eigenvalue weighted by atomic mass is 16.6. The molecule has 0 aliphatic rings. The van der Waals surface area contributed by atoms with Crippen molar-refractivity contribution in [3.8, 4) is 5.75 Å². The topological polar surface area (TPSA) is 93.8 Å². The van der Waals surface area contributed by atoms with Gasteiger partial charge in [-0.15, -0.1) is 0 Å². The summed E-state index contributed by atoms with van der Waals surface area (Å²) in [4.78, 5) is 21.9. The van der Waals surface area contributed by atoms with Gasteiger partial charge in [0, 0.05) is 17.7 Å². The fraction of sp³-hybridized carbons (Fsp3) is 0.125. The zero-order valence-corrected chi connectivity index (χ0v) is 12.4. The van der Waals surface area contributed by atoms with Crippen LogP contribution in [0.4, 0.5) is 5.69 Å². The highest BCUT2D eigenvalue weighted by Gasteiger charge is 2.05. The van der Waals surface area contributed by atoms with Crippen LogP contribution in [0.3, 0.4) is 0 Å². The first-order valence-electron chi connectivity index (χ1n) is 6.78. The van der Waals surface area contributed by atoms with E-state index in [1.54, 1.807) is 43.5 Å². The summed E-state index contributed by atoms with van der Waals surface area (Å²) in [5.41, 5.74) is 3.72.